The van der Waals surface area contributed by atoms with Gasteiger partial charge in [0.1, 0.15) is 10.7 Å². The fraction of sp³-hybridized carbons (Fsp3) is 0.385. The summed E-state index contributed by atoms with van der Waals surface area (Å²) in [6.07, 6.45) is 3.77. The van der Waals surface area contributed by atoms with Crippen molar-refractivity contribution in [2.75, 3.05) is 19.8 Å². The van der Waals surface area contributed by atoms with Crippen molar-refractivity contribution in [1.82, 2.24) is 4.31 Å². The molecule has 8 heteroatoms. The van der Waals surface area contributed by atoms with Crippen LogP contribution in [0.3, 0.4) is 0 Å². The van der Waals surface area contributed by atoms with E-state index in [1.165, 1.54) is 7.05 Å². The van der Waals surface area contributed by atoms with Gasteiger partial charge in [-0.3, -0.25) is 0 Å². The number of sulfonamides is 1. The second kappa shape index (κ2) is 6.67. The first kappa shape index (κ1) is 17.8. The Morgan fingerprint density at radius 3 is 2.43 bits per heavy atom. The minimum atomic E-state index is -4.07. The zero-order chi connectivity index (χ0) is 16.3. The summed E-state index contributed by atoms with van der Waals surface area (Å²) in [5, 5.41) is 0. The number of rotatable bonds is 7. The molecule has 0 aliphatic carbocycles. The van der Waals surface area contributed by atoms with E-state index in [-0.39, 0.29) is 11.4 Å². The van der Waals surface area contributed by atoms with Gasteiger partial charge in [-0.1, -0.05) is 6.08 Å². The largest absolute Gasteiger partial charge is 0.245 e. The number of sulfone groups is 1. The number of allylic oxidation sites excluding steroid dienone is 1. The molecule has 0 N–H and O–H groups in total. The van der Waals surface area contributed by atoms with Crippen LogP contribution in [0.2, 0.25) is 0 Å². The average Bonchev–Trinajstić information content (AvgIpc) is 2.37. The van der Waals surface area contributed by atoms with Gasteiger partial charge in [0, 0.05) is 19.8 Å². The number of benzene rings is 1. The maximum atomic E-state index is 13.8. The van der Waals surface area contributed by atoms with E-state index in [2.05, 4.69) is 6.58 Å². The van der Waals surface area contributed by atoms with E-state index < -0.39 is 30.6 Å². The predicted octanol–water partition coefficient (Wildman–Crippen LogP) is 1.82. The van der Waals surface area contributed by atoms with Gasteiger partial charge in [-0.05, 0) is 31.0 Å². The van der Waals surface area contributed by atoms with Crippen LogP contribution in [0.5, 0.6) is 0 Å². The number of hydrogen-bond acceptors (Lipinski definition) is 4. The van der Waals surface area contributed by atoms with Crippen molar-refractivity contribution in [3.8, 4) is 0 Å². The summed E-state index contributed by atoms with van der Waals surface area (Å²) in [7, 11) is -6.36. The number of halogens is 1. The molecule has 0 bridgehead atoms. The molecular formula is C13H18FNO4S2. The monoisotopic (exact) mass is 335 g/mol. The molecule has 0 aromatic heterocycles. The third kappa shape index (κ3) is 4.36. The molecule has 0 radical (unpaired) electrons. The maximum absolute atomic E-state index is 13.8. The van der Waals surface area contributed by atoms with Crippen LogP contribution >= 0.6 is 0 Å². The molecule has 0 spiro atoms. The van der Waals surface area contributed by atoms with Gasteiger partial charge in [-0.2, -0.15) is 0 Å². The molecule has 0 amide bonds. The van der Waals surface area contributed by atoms with Gasteiger partial charge in [0.15, 0.2) is 9.84 Å². The molecule has 0 fully saturated rings. The maximum Gasteiger partial charge on any atom is 0.245 e. The lowest BCUT2D eigenvalue weighted by atomic mass is 10.3. The molecule has 0 atom stereocenters. The first-order chi connectivity index (χ1) is 9.60. The zero-order valence-electron chi connectivity index (χ0n) is 11.9. The second-order valence-electron chi connectivity index (χ2n) is 4.62. The normalized spacial score (nSPS) is 12.6. The Hall–Kier alpha value is -1.25. The van der Waals surface area contributed by atoms with Crippen LogP contribution < -0.4 is 0 Å². The van der Waals surface area contributed by atoms with Crippen LogP contribution in [-0.2, 0) is 19.9 Å². The van der Waals surface area contributed by atoms with Gasteiger partial charge in [0.2, 0.25) is 10.0 Å². The molecule has 1 aromatic rings. The number of hydrogen-bond donors (Lipinski definition) is 0. The smallest absolute Gasteiger partial charge is 0.224 e. The number of unbranched alkanes of at least 4 members (excludes halogenated alkanes) is 1. The topological polar surface area (TPSA) is 71.5 Å². The molecule has 0 aliphatic heterocycles. The summed E-state index contributed by atoms with van der Waals surface area (Å²) < 4.78 is 62.3. The van der Waals surface area contributed by atoms with Crippen LogP contribution in [-0.4, -0.2) is 41.0 Å². The molecule has 0 unspecified atom stereocenters. The van der Waals surface area contributed by atoms with Crippen molar-refractivity contribution in [2.45, 2.75) is 22.6 Å². The van der Waals surface area contributed by atoms with E-state index in [4.69, 9.17) is 0 Å². The Bertz CT molecular complexity index is 727. The number of nitrogens with zero attached hydrogens (tertiary/aromatic N) is 1. The van der Waals surface area contributed by atoms with Gasteiger partial charge in [-0.15, -0.1) is 6.58 Å². The van der Waals surface area contributed by atoms with Crippen molar-refractivity contribution < 1.29 is 21.2 Å². The highest BCUT2D eigenvalue weighted by Gasteiger charge is 2.25. The molecule has 0 saturated heterocycles. The highest BCUT2D eigenvalue weighted by molar-refractivity contribution is 7.91. The summed E-state index contributed by atoms with van der Waals surface area (Å²) in [4.78, 5) is -0.867. The van der Waals surface area contributed by atoms with E-state index in [0.29, 0.717) is 12.8 Å². The molecule has 1 aromatic carbocycles. The van der Waals surface area contributed by atoms with Crippen LogP contribution in [0, 0.1) is 5.82 Å². The first-order valence-corrected chi connectivity index (χ1v) is 9.50. The lowest BCUT2D eigenvalue weighted by Gasteiger charge is -2.17. The Kier molecular flexibility index (Phi) is 5.66. The minimum Gasteiger partial charge on any atom is -0.224 e. The fourth-order valence-corrected chi connectivity index (χ4v) is 3.68. The first-order valence-electron chi connectivity index (χ1n) is 6.17. The lowest BCUT2D eigenvalue weighted by molar-refractivity contribution is 0.456. The predicted molar refractivity (Wildman–Crippen MR) is 78.8 cm³/mol. The molecule has 21 heavy (non-hydrogen) atoms. The Morgan fingerprint density at radius 2 is 1.90 bits per heavy atom. The van der Waals surface area contributed by atoms with Gasteiger partial charge in [0.25, 0.3) is 0 Å². The standard InChI is InChI=1S/C13H18FNO4S2/c1-4-5-6-9-15(2)21(18,19)13-10-11(20(3,16)17)7-8-12(13)14/h4,7-8,10H,1,5-6,9H2,2-3H3. The zero-order valence-corrected chi connectivity index (χ0v) is 13.5. The Morgan fingerprint density at radius 1 is 1.29 bits per heavy atom. The molecule has 1 rings (SSSR count). The van der Waals surface area contributed by atoms with Gasteiger partial charge in [0.05, 0.1) is 4.90 Å². The summed E-state index contributed by atoms with van der Waals surface area (Å²) in [6.45, 7) is 3.73. The van der Waals surface area contributed by atoms with Gasteiger partial charge in [-0.25, -0.2) is 25.5 Å². The molecular weight excluding hydrogens is 317 g/mol. The molecule has 5 nitrogen and oxygen atoms in total. The van der Waals surface area contributed by atoms with Crippen molar-refractivity contribution >= 4 is 19.9 Å². The van der Waals surface area contributed by atoms with Crippen molar-refractivity contribution in [3.05, 3.63) is 36.7 Å². The molecule has 0 saturated carbocycles. The van der Waals surface area contributed by atoms with Crippen molar-refractivity contribution in [2.24, 2.45) is 0 Å². The van der Waals surface area contributed by atoms with E-state index in [1.807, 2.05) is 0 Å². The molecule has 118 valence electrons. The van der Waals surface area contributed by atoms with E-state index >= 15 is 0 Å². The molecule has 0 aliphatic rings. The molecule has 0 heterocycles. The minimum absolute atomic E-state index is 0.191. The van der Waals surface area contributed by atoms with Gasteiger partial charge < -0.3 is 0 Å². The van der Waals surface area contributed by atoms with Crippen molar-refractivity contribution in [3.63, 3.8) is 0 Å². The third-order valence-electron chi connectivity index (χ3n) is 2.90. The highest BCUT2D eigenvalue weighted by atomic mass is 32.2. The summed E-state index contributed by atoms with van der Waals surface area (Å²) in [5.74, 6) is -0.974. The average molecular weight is 335 g/mol. The summed E-state index contributed by atoms with van der Waals surface area (Å²) >= 11 is 0. The van der Waals surface area contributed by atoms with Crippen LogP contribution in [0.25, 0.3) is 0 Å². The fourth-order valence-electron chi connectivity index (χ4n) is 1.66. The lowest BCUT2D eigenvalue weighted by Crippen LogP contribution is -2.28. The van der Waals surface area contributed by atoms with E-state index in [1.54, 1.807) is 6.08 Å². The van der Waals surface area contributed by atoms with Crippen LogP contribution in [0.4, 0.5) is 4.39 Å². The Labute approximate surface area is 125 Å². The second-order valence-corrected chi connectivity index (χ2v) is 8.65. The van der Waals surface area contributed by atoms with Crippen LogP contribution in [0.15, 0.2) is 40.6 Å². The van der Waals surface area contributed by atoms with Crippen LogP contribution in [0.1, 0.15) is 12.8 Å². The summed E-state index contributed by atoms with van der Waals surface area (Å²) in [6, 6.07) is 2.74. The third-order valence-corrected chi connectivity index (χ3v) is 5.88. The van der Waals surface area contributed by atoms with Gasteiger partial charge >= 0.3 is 0 Å². The van der Waals surface area contributed by atoms with E-state index in [0.717, 1.165) is 28.8 Å². The quantitative estimate of drug-likeness (QED) is 0.433. The Balaban J connectivity index is 3.22. The highest BCUT2D eigenvalue weighted by Crippen LogP contribution is 2.22. The SMILES string of the molecule is C=CCCCN(C)S(=O)(=O)c1cc(S(C)(=O)=O)ccc1F. The van der Waals surface area contributed by atoms with E-state index in [9.17, 15) is 21.2 Å². The van der Waals surface area contributed by atoms with Crippen molar-refractivity contribution in [1.29, 1.82) is 0 Å². The summed E-state index contributed by atoms with van der Waals surface area (Å²) in [5.41, 5.74) is 0.